The monoisotopic (exact) mass is 379 g/mol. The van der Waals surface area contributed by atoms with Gasteiger partial charge in [-0.1, -0.05) is 0 Å². The second-order valence-corrected chi connectivity index (χ2v) is 3.97. The highest BCUT2D eigenvalue weighted by molar-refractivity contribution is 14.1. The molecule has 0 aromatic carbocycles. The molecule has 0 bridgehead atoms. The fourth-order valence-electron chi connectivity index (χ4n) is 1.06. The summed E-state index contributed by atoms with van der Waals surface area (Å²) in [6, 6.07) is 0.691. The van der Waals surface area contributed by atoms with Gasteiger partial charge in [0.25, 0.3) is 0 Å². The average molecular weight is 379 g/mol. The Morgan fingerprint density at radius 2 is 2.11 bits per heavy atom. The molecular weight excluding hydrogens is 373 g/mol. The van der Waals surface area contributed by atoms with Crippen molar-refractivity contribution >= 4 is 28.6 Å². The third-order valence-electron chi connectivity index (χ3n) is 1.79. The van der Waals surface area contributed by atoms with Crippen molar-refractivity contribution in [3.63, 3.8) is 0 Å². The molecule has 0 N–H and O–H groups in total. The molecule has 1 aromatic heterocycles. The van der Waals surface area contributed by atoms with E-state index < -0.39 is 30.4 Å². The molecule has 0 aliphatic rings. The van der Waals surface area contributed by atoms with E-state index in [2.05, 4.69) is 14.5 Å². The first-order chi connectivity index (χ1) is 8.28. The minimum atomic E-state index is -4.98. The number of esters is 1. The lowest BCUT2D eigenvalue weighted by atomic mass is 10.2. The van der Waals surface area contributed by atoms with Crippen LogP contribution in [0.4, 0.5) is 17.6 Å². The van der Waals surface area contributed by atoms with Crippen LogP contribution in [0.25, 0.3) is 0 Å². The number of ether oxygens (including phenoxy) is 2. The van der Waals surface area contributed by atoms with Crippen molar-refractivity contribution in [3.05, 3.63) is 21.0 Å². The van der Waals surface area contributed by atoms with E-state index in [-0.39, 0.29) is 9.26 Å². The lowest BCUT2D eigenvalue weighted by Crippen LogP contribution is -2.19. The number of alkyl halides is 4. The first kappa shape index (κ1) is 14.9. The highest BCUT2D eigenvalue weighted by atomic mass is 127. The van der Waals surface area contributed by atoms with Crippen molar-refractivity contribution in [2.24, 2.45) is 0 Å². The zero-order chi connectivity index (χ0) is 13.9. The van der Waals surface area contributed by atoms with Crippen LogP contribution < -0.4 is 4.74 Å². The third kappa shape index (κ3) is 3.68. The molecule has 100 valence electrons. The molecule has 0 atom stereocenters. The van der Waals surface area contributed by atoms with Gasteiger partial charge in [-0.2, -0.15) is 0 Å². The Bertz CT molecular complexity index is 464. The van der Waals surface area contributed by atoms with Crippen molar-refractivity contribution < 1.29 is 31.8 Å². The van der Waals surface area contributed by atoms with Gasteiger partial charge in [0.1, 0.15) is 16.1 Å². The van der Waals surface area contributed by atoms with Gasteiger partial charge >= 0.3 is 12.3 Å². The summed E-state index contributed by atoms with van der Waals surface area (Å²) in [5.41, 5.74) is -0.765. The molecule has 1 heterocycles. The van der Waals surface area contributed by atoms with Gasteiger partial charge in [-0.05, 0) is 22.6 Å². The van der Waals surface area contributed by atoms with Gasteiger partial charge in [0, 0.05) is 6.07 Å². The Hall–Kier alpha value is -1.13. The SMILES string of the molecule is COC(=O)c1cc(OC(F)(F)F)c(CF)c(I)n1. The molecule has 4 nitrogen and oxygen atoms in total. The zero-order valence-electron chi connectivity index (χ0n) is 8.85. The molecule has 0 unspecified atom stereocenters. The summed E-state index contributed by atoms with van der Waals surface area (Å²) in [6.45, 7) is -1.20. The Morgan fingerprint density at radius 1 is 1.50 bits per heavy atom. The summed E-state index contributed by atoms with van der Waals surface area (Å²) in [5.74, 6) is -1.74. The lowest BCUT2D eigenvalue weighted by Gasteiger charge is -2.13. The summed E-state index contributed by atoms with van der Waals surface area (Å²) >= 11 is 1.51. The first-order valence-electron chi connectivity index (χ1n) is 4.38. The summed E-state index contributed by atoms with van der Waals surface area (Å²) in [7, 11) is 1.05. The van der Waals surface area contributed by atoms with E-state index >= 15 is 0 Å². The number of aromatic nitrogens is 1. The molecule has 9 heteroatoms. The van der Waals surface area contributed by atoms with Gasteiger partial charge in [0.2, 0.25) is 0 Å². The number of rotatable bonds is 3. The van der Waals surface area contributed by atoms with Crippen LogP contribution in [-0.2, 0) is 11.4 Å². The van der Waals surface area contributed by atoms with Crippen molar-refractivity contribution in [1.82, 2.24) is 4.98 Å². The summed E-state index contributed by atoms with van der Waals surface area (Å²) in [5, 5.41) is 0. The maximum absolute atomic E-state index is 12.6. The first-order valence-corrected chi connectivity index (χ1v) is 5.45. The van der Waals surface area contributed by atoms with Crippen LogP contribution in [0, 0.1) is 3.70 Å². The summed E-state index contributed by atoms with van der Waals surface area (Å²) < 4.78 is 56.9. The molecule has 1 aromatic rings. The zero-order valence-corrected chi connectivity index (χ0v) is 11.0. The predicted molar refractivity (Wildman–Crippen MR) is 59.8 cm³/mol. The maximum atomic E-state index is 12.6. The Labute approximate surface area is 112 Å². The Balaban J connectivity index is 3.28. The molecule has 18 heavy (non-hydrogen) atoms. The van der Waals surface area contributed by atoms with Crippen LogP contribution in [0.15, 0.2) is 6.07 Å². The minimum Gasteiger partial charge on any atom is -0.464 e. The van der Waals surface area contributed by atoms with Gasteiger partial charge < -0.3 is 9.47 Å². The maximum Gasteiger partial charge on any atom is 0.573 e. The van der Waals surface area contributed by atoms with Crippen molar-refractivity contribution in [3.8, 4) is 5.75 Å². The number of halogens is 5. The number of pyridine rings is 1. The molecule has 0 fully saturated rings. The van der Waals surface area contributed by atoms with E-state index in [1.54, 1.807) is 0 Å². The van der Waals surface area contributed by atoms with Gasteiger partial charge in [0.05, 0.1) is 12.7 Å². The van der Waals surface area contributed by atoms with E-state index in [0.29, 0.717) is 6.07 Å². The largest absolute Gasteiger partial charge is 0.573 e. The van der Waals surface area contributed by atoms with Crippen LogP contribution in [0.5, 0.6) is 5.75 Å². The second-order valence-electron chi connectivity index (χ2n) is 2.95. The van der Waals surface area contributed by atoms with Crippen LogP contribution in [0.1, 0.15) is 16.1 Å². The number of hydrogen-bond donors (Lipinski definition) is 0. The Morgan fingerprint density at radius 3 is 2.56 bits per heavy atom. The molecule has 0 aliphatic heterocycles. The Kier molecular flexibility index (Phi) is 4.71. The van der Waals surface area contributed by atoms with Crippen LogP contribution in [0.2, 0.25) is 0 Å². The van der Waals surface area contributed by atoms with Gasteiger partial charge in [-0.3, -0.25) is 0 Å². The number of methoxy groups -OCH3 is 1. The highest BCUT2D eigenvalue weighted by Gasteiger charge is 2.33. The van der Waals surface area contributed by atoms with Crippen molar-refractivity contribution in [2.75, 3.05) is 7.11 Å². The highest BCUT2D eigenvalue weighted by Crippen LogP contribution is 2.30. The average Bonchev–Trinajstić information content (AvgIpc) is 2.25. The topological polar surface area (TPSA) is 48.4 Å². The standard InChI is InChI=1S/C9H6F4INO3/c1-17-8(16)5-2-6(18-9(11,12)13)4(3-10)7(14)15-5/h2H,3H2,1H3. The third-order valence-corrected chi connectivity index (χ3v) is 2.68. The smallest absolute Gasteiger partial charge is 0.464 e. The van der Waals surface area contributed by atoms with E-state index in [9.17, 15) is 22.4 Å². The molecule has 0 saturated carbocycles. The number of carbonyl (C=O) groups excluding carboxylic acids is 1. The summed E-state index contributed by atoms with van der Waals surface area (Å²) in [4.78, 5) is 14.8. The molecule has 0 amide bonds. The fourth-order valence-corrected chi connectivity index (χ4v) is 1.73. The van der Waals surface area contributed by atoms with Crippen LogP contribution in [0.3, 0.4) is 0 Å². The number of nitrogens with zero attached hydrogens (tertiary/aromatic N) is 1. The van der Waals surface area contributed by atoms with Crippen LogP contribution in [-0.4, -0.2) is 24.4 Å². The molecule has 0 aliphatic carbocycles. The van der Waals surface area contributed by atoms with Crippen molar-refractivity contribution in [2.45, 2.75) is 13.0 Å². The van der Waals surface area contributed by atoms with Gasteiger partial charge in [-0.15, -0.1) is 13.2 Å². The van der Waals surface area contributed by atoms with E-state index in [1.807, 2.05) is 0 Å². The van der Waals surface area contributed by atoms with Gasteiger partial charge in [0.15, 0.2) is 5.69 Å². The summed E-state index contributed by atoms with van der Waals surface area (Å²) in [6.07, 6.45) is -4.98. The molecule has 0 spiro atoms. The molecule has 0 radical (unpaired) electrons. The molecule has 1 rings (SSSR count). The number of carbonyl (C=O) groups is 1. The molecule has 0 saturated heterocycles. The normalized spacial score (nSPS) is 11.2. The quantitative estimate of drug-likeness (QED) is 0.351. The second kappa shape index (κ2) is 5.67. The van der Waals surface area contributed by atoms with Crippen molar-refractivity contribution in [1.29, 1.82) is 0 Å². The minimum absolute atomic E-state index is 0.0998. The van der Waals surface area contributed by atoms with Crippen LogP contribution >= 0.6 is 22.6 Å². The van der Waals surface area contributed by atoms with Gasteiger partial charge in [-0.25, -0.2) is 14.2 Å². The van der Waals surface area contributed by atoms with E-state index in [0.717, 1.165) is 7.11 Å². The fraction of sp³-hybridized carbons (Fsp3) is 0.333. The predicted octanol–water partition coefficient (Wildman–Crippen LogP) is 2.84. The number of hydrogen-bond acceptors (Lipinski definition) is 4. The lowest BCUT2D eigenvalue weighted by molar-refractivity contribution is -0.275. The van der Waals surface area contributed by atoms with E-state index in [1.165, 1.54) is 22.6 Å². The van der Waals surface area contributed by atoms with E-state index in [4.69, 9.17) is 0 Å². The molecular formula is C9H6F4INO3.